The number of Topliss-reactive ketones (excluding diaryl/α,β-unsaturated/α-hetero) is 1. The van der Waals surface area contributed by atoms with Gasteiger partial charge in [0, 0.05) is 5.56 Å². The van der Waals surface area contributed by atoms with Gasteiger partial charge in [-0.25, -0.2) is 9.18 Å². The van der Waals surface area contributed by atoms with Crippen LogP contribution in [0.4, 0.5) is 9.18 Å². The molecule has 0 bridgehead atoms. The molecule has 112 valence electrons. The zero-order valence-corrected chi connectivity index (χ0v) is 11.5. The first-order chi connectivity index (χ1) is 9.88. The van der Waals surface area contributed by atoms with Crippen LogP contribution in [-0.4, -0.2) is 23.6 Å². The Labute approximate surface area is 120 Å². The number of aliphatic hydroxyl groups is 1. The number of hydrogen-bond acceptors (Lipinski definition) is 5. The lowest BCUT2D eigenvalue weighted by Gasteiger charge is -2.23. The number of ether oxygens (including phenoxy) is 2. The second kappa shape index (κ2) is 5.43. The second-order valence-electron chi connectivity index (χ2n) is 4.49. The number of hydrogen-bond donors (Lipinski definition) is 2. The molecule has 0 spiro atoms. The number of benzene rings is 1. The molecule has 1 aliphatic rings. The summed E-state index contributed by atoms with van der Waals surface area (Å²) in [5.74, 6) is -2.30. The molecule has 0 fully saturated rings. The van der Waals surface area contributed by atoms with Gasteiger partial charge >= 0.3 is 6.09 Å². The third kappa shape index (κ3) is 2.67. The highest BCUT2D eigenvalue weighted by atomic mass is 19.1. The Kier molecular flexibility index (Phi) is 3.84. The summed E-state index contributed by atoms with van der Waals surface area (Å²) in [6.45, 7) is 3.15. The van der Waals surface area contributed by atoms with E-state index in [9.17, 15) is 19.1 Å². The van der Waals surface area contributed by atoms with Crippen molar-refractivity contribution in [3.8, 4) is 0 Å². The molecule has 1 aliphatic heterocycles. The van der Waals surface area contributed by atoms with Crippen molar-refractivity contribution in [3.05, 3.63) is 47.3 Å². The number of rotatable bonds is 3. The van der Waals surface area contributed by atoms with E-state index in [4.69, 9.17) is 4.74 Å². The molecule has 2 rings (SSSR count). The fourth-order valence-electron chi connectivity index (χ4n) is 1.93. The van der Waals surface area contributed by atoms with Crippen LogP contribution in [-0.2, 0) is 19.9 Å². The molecular formula is C14H14FNO5. The molecule has 0 saturated heterocycles. The maximum absolute atomic E-state index is 12.9. The largest absolute Gasteiger partial charge is 0.501 e. The lowest BCUT2D eigenvalue weighted by molar-refractivity contribution is -0.131. The molecule has 1 amide bonds. The molecule has 0 radical (unpaired) electrons. The summed E-state index contributed by atoms with van der Waals surface area (Å²) >= 11 is 0. The molecule has 6 nitrogen and oxygen atoms in total. The summed E-state index contributed by atoms with van der Waals surface area (Å²) in [4.78, 5) is 23.5. The number of carbonyl (C=O) groups is 2. The van der Waals surface area contributed by atoms with Gasteiger partial charge in [-0.1, -0.05) is 12.1 Å². The van der Waals surface area contributed by atoms with Crippen molar-refractivity contribution in [1.29, 1.82) is 0 Å². The summed E-state index contributed by atoms with van der Waals surface area (Å²) in [7, 11) is 0. The highest BCUT2D eigenvalue weighted by molar-refractivity contribution is 6.03. The molecule has 1 heterocycles. The van der Waals surface area contributed by atoms with Crippen LogP contribution in [0.25, 0.3) is 0 Å². The van der Waals surface area contributed by atoms with Gasteiger partial charge in [0.05, 0.1) is 6.61 Å². The summed E-state index contributed by atoms with van der Waals surface area (Å²) in [5, 5.41) is 11.9. The average Bonchev–Trinajstić information content (AvgIpc) is 2.65. The maximum Gasteiger partial charge on any atom is 0.414 e. The van der Waals surface area contributed by atoms with E-state index in [-0.39, 0.29) is 12.5 Å². The normalized spacial score (nSPS) is 21.2. The Morgan fingerprint density at radius 2 is 2.05 bits per heavy atom. The number of halogens is 1. The van der Waals surface area contributed by atoms with Gasteiger partial charge in [-0.15, -0.1) is 0 Å². The zero-order valence-electron chi connectivity index (χ0n) is 11.5. The third-order valence-corrected chi connectivity index (χ3v) is 3.06. The Morgan fingerprint density at radius 3 is 2.62 bits per heavy atom. The molecule has 2 N–H and O–H groups in total. The summed E-state index contributed by atoms with van der Waals surface area (Å²) in [5.41, 5.74) is -1.19. The summed E-state index contributed by atoms with van der Waals surface area (Å²) < 4.78 is 22.9. The fraction of sp³-hybridized carbons (Fsp3) is 0.286. The van der Waals surface area contributed by atoms with Crippen molar-refractivity contribution < 1.29 is 28.6 Å². The molecule has 7 heteroatoms. The minimum atomic E-state index is -1.54. The number of carbonyl (C=O) groups excluding carboxylic acids is 2. The van der Waals surface area contributed by atoms with Crippen molar-refractivity contribution in [2.75, 3.05) is 6.61 Å². The Hall–Kier alpha value is -2.57. The number of alkyl carbamates (subject to hydrolysis) is 1. The van der Waals surface area contributed by atoms with Gasteiger partial charge in [0.2, 0.25) is 11.6 Å². The Bertz CT molecular complexity index is 610. The first kappa shape index (κ1) is 14.8. The molecule has 0 aromatic heterocycles. The smallest absolute Gasteiger partial charge is 0.414 e. The Morgan fingerprint density at radius 1 is 1.43 bits per heavy atom. The van der Waals surface area contributed by atoms with E-state index in [1.165, 1.54) is 31.2 Å². The number of nitrogens with one attached hydrogen (secondary N) is 1. The van der Waals surface area contributed by atoms with Crippen molar-refractivity contribution in [1.82, 2.24) is 5.32 Å². The van der Waals surface area contributed by atoms with Gasteiger partial charge in [0.25, 0.3) is 5.78 Å². The van der Waals surface area contributed by atoms with E-state index < -0.39 is 29.1 Å². The van der Waals surface area contributed by atoms with Crippen LogP contribution in [0.3, 0.4) is 0 Å². The topological polar surface area (TPSA) is 84.9 Å². The standard InChI is InChI=1S/C14H14FNO5/c1-3-20-13(19)16-12-10(17)11(18)14(2,21-12)8-4-6-9(15)7-5-8/h4-7,17H,3H2,1-2H3,(H,16,19). The Balaban J connectivity index is 2.25. The molecule has 1 aromatic carbocycles. The average molecular weight is 295 g/mol. The predicted molar refractivity (Wildman–Crippen MR) is 69.7 cm³/mol. The maximum atomic E-state index is 12.9. The van der Waals surface area contributed by atoms with Gasteiger partial charge < -0.3 is 14.6 Å². The first-order valence-corrected chi connectivity index (χ1v) is 6.25. The van der Waals surface area contributed by atoms with E-state index in [0.29, 0.717) is 5.56 Å². The minimum Gasteiger partial charge on any atom is -0.501 e. The molecular weight excluding hydrogens is 281 g/mol. The van der Waals surface area contributed by atoms with Crippen molar-refractivity contribution in [3.63, 3.8) is 0 Å². The molecule has 0 saturated carbocycles. The van der Waals surface area contributed by atoms with Gasteiger partial charge in [0.1, 0.15) is 5.82 Å². The van der Waals surface area contributed by atoms with Crippen LogP contribution in [0.1, 0.15) is 19.4 Å². The fourth-order valence-corrected chi connectivity index (χ4v) is 1.93. The van der Waals surface area contributed by atoms with E-state index >= 15 is 0 Å². The lowest BCUT2D eigenvalue weighted by atomic mass is 9.92. The van der Waals surface area contributed by atoms with Crippen molar-refractivity contribution in [2.24, 2.45) is 0 Å². The van der Waals surface area contributed by atoms with Crippen LogP contribution in [0.2, 0.25) is 0 Å². The van der Waals surface area contributed by atoms with Crippen LogP contribution in [0, 0.1) is 5.82 Å². The first-order valence-electron chi connectivity index (χ1n) is 6.25. The van der Waals surface area contributed by atoms with Gasteiger partial charge in [0.15, 0.2) is 5.60 Å². The monoisotopic (exact) mass is 295 g/mol. The summed E-state index contributed by atoms with van der Waals surface area (Å²) in [6, 6.07) is 5.08. The van der Waals surface area contributed by atoms with Crippen LogP contribution in [0.15, 0.2) is 35.9 Å². The van der Waals surface area contributed by atoms with Crippen molar-refractivity contribution in [2.45, 2.75) is 19.4 Å². The lowest BCUT2D eigenvalue weighted by Crippen LogP contribution is -2.32. The highest BCUT2D eigenvalue weighted by Gasteiger charge is 2.48. The summed E-state index contributed by atoms with van der Waals surface area (Å²) in [6.07, 6.45) is -0.852. The van der Waals surface area contributed by atoms with Gasteiger partial charge in [-0.05, 0) is 26.0 Å². The second-order valence-corrected chi connectivity index (χ2v) is 4.49. The minimum absolute atomic E-state index is 0.128. The van der Waals surface area contributed by atoms with Crippen LogP contribution < -0.4 is 5.32 Å². The molecule has 1 unspecified atom stereocenters. The molecule has 1 atom stereocenters. The van der Waals surface area contributed by atoms with Gasteiger partial charge in [-0.2, -0.15) is 0 Å². The van der Waals surface area contributed by atoms with E-state index in [2.05, 4.69) is 10.1 Å². The number of amides is 1. The van der Waals surface area contributed by atoms with Crippen molar-refractivity contribution >= 4 is 11.9 Å². The predicted octanol–water partition coefficient (Wildman–Crippen LogP) is 2.11. The van der Waals surface area contributed by atoms with Crippen LogP contribution in [0.5, 0.6) is 0 Å². The molecule has 21 heavy (non-hydrogen) atoms. The number of aliphatic hydroxyl groups excluding tert-OH is 1. The zero-order chi connectivity index (χ0) is 15.6. The van der Waals surface area contributed by atoms with Crippen LogP contribution >= 0.6 is 0 Å². The van der Waals surface area contributed by atoms with Gasteiger partial charge in [-0.3, -0.25) is 10.1 Å². The molecule has 1 aromatic rings. The van der Waals surface area contributed by atoms with E-state index in [0.717, 1.165) is 0 Å². The number of ketones is 1. The quantitative estimate of drug-likeness (QED) is 0.892. The third-order valence-electron chi connectivity index (χ3n) is 3.06. The SMILES string of the molecule is CCOC(=O)NC1=C(O)C(=O)C(C)(c2ccc(F)cc2)O1. The van der Waals surface area contributed by atoms with E-state index in [1.54, 1.807) is 6.92 Å². The molecule has 0 aliphatic carbocycles. The van der Waals surface area contributed by atoms with E-state index in [1.807, 2.05) is 0 Å². The highest BCUT2D eigenvalue weighted by Crippen LogP contribution is 2.36.